The molecule has 1 fully saturated rings. The third-order valence-electron chi connectivity index (χ3n) is 3.03. The Hall–Kier alpha value is -1.68. The van der Waals surface area contributed by atoms with Crippen LogP contribution in [0.5, 0.6) is 0 Å². The fourth-order valence-electron chi connectivity index (χ4n) is 2.01. The summed E-state index contributed by atoms with van der Waals surface area (Å²) >= 11 is 0. The smallest absolute Gasteiger partial charge is 0.148 e. The summed E-state index contributed by atoms with van der Waals surface area (Å²) in [5, 5.41) is 13.4. The minimum absolute atomic E-state index is 0.110. The number of halogens is 1. The monoisotopic (exact) mass is 232 g/mol. The van der Waals surface area contributed by atoms with Crippen molar-refractivity contribution in [1.82, 2.24) is 9.78 Å². The van der Waals surface area contributed by atoms with E-state index in [1.165, 1.54) is 6.07 Å². The average molecular weight is 232 g/mol. The minimum atomic E-state index is -0.290. The van der Waals surface area contributed by atoms with Gasteiger partial charge in [-0.3, -0.25) is 0 Å². The molecule has 1 saturated carbocycles. The van der Waals surface area contributed by atoms with Crippen LogP contribution >= 0.6 is 0 Å². The molecule has 1 aliphatic rings. The van der Waals surface area contributed by atoms with Crippen molar-refractivity contribution in [3.63, 3.8) is 0 Å². The summed E-state index contributed by atoms with van der Waals surface area (Å²) in [5.41, 5.74) is 2.04. The maximum Gasteiger partial charge on any atom is 0.148 e. The predicted octanol–water partition coefficient (Wildman–Crippen LogP) is 2.38. The van der Waals surface area contributed by atoms with Gasteiger partial charge in [-0.1, -0.05) is 12.1 Å². The van der Waals surface area contributed by atoms with Crippen LogP contribution in [0, 0.1) is 5.82 Å². The minimum Gasteiger partial charge on any atom is -0.390 e. The van der Waals surface area contributed by atoms with Crippen molar-refractivity contribution in [1.29, 1.82) is 0 Å². The third-order valence-corrected chi connectivity index (χ3v) is 3.03. The van der Waals surface area contributed by atoms with Crippen molar-refractivity contribution in [2.75, 3.05) is 0 Å². The fraction of sp³-hybridized carbons (Fsp3) is 0.308. The van der Waals surface area contributed by atoms with Gasteiger partial charge >= 0.3 is 0 Å². The highest BCUT2D eigenvalue weighted by atomic mass is 19.1. The van der Waals surface area contributed by atoms with Gasteiger partial charge in [-0.25, -0.2) is 9.07 Å². The molecule has 0 aliphatic heterocycles. The van der Waals surface area contributed by atoms with Crippen LogP contribution in [0.2, 0.25) is 0 Å². The van der Waals surface area contributed by atoms with Crippen LogP contribution in [-0.4, -0.2) is 14.9 Å². The summed E-state index contributed by atoms with van der Waals surface area (Å²) in [6.07, 6.45) is 2.23. The van der Waals surface area contributed by atoms with Gasteiger partial charge in [0.25, 0.3) is 0 Å². The van der Waals surface area contributed by atoms with E-state index in [0.29, 0.717) is 17.3 Å². The largest absolute Gasteiger partial charge is 0.390 e. The molecule has 1 aliphatic carbocycles. The Morgan fingerprint density at radius 3 is 2.76 bits per heavy atom. The van der Waals surface area contributed by atoms with Crippen molar-refractivity contribution in [2.24, 2.45) is 0 Å². The number of nitrogens with zero attached hydrogens (tertiary/aromatic N) is 2. The lowest BCUT2D eigenvalue weighted by Gasteiger charge is -2.07. The first-order valence-corrected chi connectivity index (χ1v) is 5.74. The van der Waals surface area contributed by atoms with Gasteiger partial charge < -0.3 is 5.11 Å². The highest BCUT2D eigenvalue weighted by molar-refractivity contribution is 5.37. The molecule has 0 amide bonds. The number of hydrogen-bond acceptors (Lipinski definition) is 2. The number of aliphatic hydroxyl groups is 1. The standard InChI is InChI=1S/C13H13FN2O/c14-11-3-1-2-4-12(11)16-13(9-5-6-9)7-10(8-17)15-16/h1-4,7,9,17H,5-6,8H2. The van der Waals surface area contributed by atoms with E-state index < -0.39 is 0 Å². The summed E-state index contributed by atoms with van der Waals surface area (Å²) in [5.74, 6) is 0.171. The molecule has 0 saturated heterocycles. The molecule has 17 heavy (non-hydrogen) atoms. The van der Waals surface area contributed by atoms with Gasteiger partial charge in [0.15, 0.2) is 0 Å². The summed E-state index contributed by atoms with van der Waals surface area (Å²) in [4.78, 5) is 0. The second-order valence-corrected chi connectivity index (χ2v) is 4.36. The van der Waals surface area contributed by atoms with E-state index in [1.807, 2.05) is 6.07 Å². The van der Waals surface area contributed by atoms with Crippen LogP contribution in [0.15, 0.2) is 30.3 Å². The fourth-order valence-corrected chi connectivity index (χ4v) is 2.01. The molecule has 1 aromatic heterocycles. The molecule has 0 spiro atoms. The zero-order valence-electron chi connectivity index (χ0n) is 9.31. The molecule has 0 radical (unpaired) electrons. The quantitative estimate of drug-likeness (QED) is 0.882. The van der Waals surface area contributed by atoms with Crippen molar-refractivity contribution < 1.29 is 9.50 Å². The van der Waals surface area contributed by atoms with Gasteiger partial charge in [-0.2, -0.15) is 5.10 Å². The van der Waals surface area contributed by atoms with Crippen LogP contribution < -0.4 is 0 Å². The van der Waals surface area contributed by atoms with E-state index in [4.69, 9.17) is 5.11 Å². The number of rotatable bonds is 3. The Morgan fingerprint density at radius 1 is 1.35 bits per heavy atom. The second-order valence-electron chi connectivity index (χ2n) is 4.36. The first-order valence-electron chi connectivity index (χ1n) is 5.74. The predicted molar refractivity (Wildman–Crippen MR) is 61.4 cm³/mol. The molecular formula is C13H13FN2O. The molecule has 1 N–H and O–H groups in total. The summed E-state index contributed by atoms with van der Waals surface area (Å²) in [6, 6.07) is 8.44. The lowest BCUT2D eigenvalue weighted by molar-refractivity contribution is 0.276. The van der Waals surface area contributed by atoms with E-state index in [-0.39, 0.29) is 12.4 Å². The third kappa shape index (κ3) is 1.85. The van der Waals surface area contributed by atoms with Crippen molar-refractivity contribution >= 4 is 0 Å². The molecule has 1 aromatic carbocycles. The highest BCUT2D eigenvalue weighted by Gasteiger charge is 2.29. The number of para-hydroxylation sites is 1. The lowest BCUT2D eigenvalue weighted by atomic mass is 10.2. The molecule has 4 heteroatoms. The molecule has 3 rings (SSSR count). The zero-order valence-corrected chi connectivity index (χ0v) is 9.31. The lowest BCUT2D eigenvalue weighted by Crippen LogP contribution is -2.03. The van der Waals surface area contributed by atoms with Crippen molar-refractivity contribution in [2.45, 2.75) is 25.4 Å². The van der Waals surface area contributed by atoms with Gasteiger partial charge in [0, 0.05) is 11.6 Å². The van der Waals surface area contributed by atoms with Crippen LogP contribution in [0.3, 0.4) is 0 Å². The van der Waals surface area contributed by atoms with Crippen LogP contribution in [0.1, 0.15) is 30.1 Å². The molecule has 1 heterocycles. The molecule has 3 nitrogen and oxygen atoms in total. The molecule has 0 unspecified atom stereocenters. The van der Waals surface area contributed by atoms with Crippen LogP contribution in [-0.2, 0) is 6.61 Å². The molecule has 0 bridgehead atoms. The SMILES string of the molecule is OCc1cc(C2CC2)n(-c2ccccc2F)n1. The van der Waals surface area contributed by atoms with Crippen molar-refractivity contribution in [3.05, 3.63) is 47.5 Å². The Labute approximate surface area is 98.5 Å². The van der Waals surface area contributed by atoms with Gasteiger partial charge in [0.05, 0.1) is 12.3 Å². The van der Waals surface area contributed by atoms with Crippen molar-refractivity contribution in [3.8, 4) is 5.69 Å². The topological polar surface area (TPSA) is 38.0 Å². The van der Waals surface area contributed by atoms with Gasteiger partial charge in [0.1, 0.15) is 11.5 Å². The van der Waals surface area contributed by atoms with Gasteiger partial charge in [-0.05, 0) is 31.0 Å². The Bertz CT molecular complexity index is 546. The Morgan fingerprint density at radius 2 is 2.12 bits per heavy atom. The number of hydrogen-bond donors (Lipinski definition) is 1. The highest BCUT2D eigenvalue weighted by Crippen LogP contribution is 2.41. The first kappa shape index (κ1) is 10.5. The maximum absolute atomic E-state index is 13.7. The molecule has 2 aromatic rings. The van der Waals surface area contributed by atoms with Gasteiger partial charge in [-0.15, -0.1) is 0 Å². The van der Waals surface area contributed by atoms with E-state index in [1.54, 1.807) is 22.9 Å². The normalized spacial score (nSPS) is 15.2. The summed E-state index contributed by atoms with van der Waals surface area (Å²) in [6.45, 7) is -0.110. The molecule has 88 valence electrons. The first-order chi connectivity index (χ1) is 8.29. The Kier molecular flexibility index (Phi) is 2.44. The number of benzene rings is 1. The number of aliphatic hydroxyl groups excluding tert-OH is 1. The second kappa shape index (κ2) is 3.96. The number of aromatic nitrogens is 2. The zero-order chi connectivity index (χ0) is 11.8. The van der Waals surface area contributed by atoms with E-state index in [2.05, 4.69) is 5.10 Å². The van der Waals surface area contributed by atoms with E-state index >= 15 is 0 Å². The molecule has 0 atom stereocenters. The maximum atomic E-state index is 13.7. The molecular weight excluding hydrogens is 219 g/mol. The van der Waals surface area contributed by atoms with Crippen LogP contribution in [0.4, 0.5) is 4.39 Å². The van der Waals surface area contributed by atoms with E-state index in [9.17, 15) is 4.39 Å². The summed E-state index contributed by atoms with van der Waals surface area (Å²) in [7, 11) is 0. The Balaban J connectivity index is 2.12. The summed E-state index contributed by atoms with van der Waals surface area (Å²) < 4.78 is 15.4. The van der Waals surface area contributed by atoms with Crippen LogP contribution in [0.25, 0.3) is 5.69 Å². The van der Waals surface area contributed by atoms with E-state index in [0.717, 1.165) is 18.5 Å². The average Bonchev–Trinajstić information content (AvgIpc) is 3.10. The van der Waals surface area contributed by atoms with Gasteiger partial charge in [0.2, 0.25) is 0 Å².